The minimum Gasteiger partial charge on any atom is -0.494 e. The number of methoxy groups -OCH3 is 1. The number of β-amino-alcohol motifs (C(OH)–C–C–N with tert-alkyl or cyclic N) is 1. The first-order valence-electron chi connectivity index (χ1n) is 11.7. The number of rotatable bonds is 7. The molecule has 4 N–H and O–H groups in total. The van der Waals surface area contributed by atoms with Gasteiger partial charge in [-0.3, -0.25) is 9.78 Å². The maximum atomic E-state index is 14.5. The molecule has 3 heterocycles. The van der Waals surface area contributed by atoms with Crippen LogP contribution in [0.25, 0.3) is 22.2 Å². The number of amides is 2. The molecule has 2 aromatic heterocycles. The van der Waals surface area contributed by atoms with E-state index in [1.165, 1.54) is 13.2 Å². The van der Waals surface area contributed by atoms with E-state index in [4.69, 9.17) is 9.47 Å². The van der Waals surface area contributed by atoms with Gasteiger partial charge in [-0.05, 0) is 37.8 Å². The van der Waals surface area contributed by atoms with Crippen LogP contribution in [0.15, 0.2) is 24.4 Å². The highest BCUT2D eigenvalue weighted by molar-refractivity contribution is 6.10. The highest BCUT2D eigenvalue weighted by atomic mass is 19.1. The molecular formula is C25H27FN4O6. The van der Waals surface area contributed by atoms with E-state index >= 15 is 0 Å². The van der Waals surface area contributed by atoms with E-state index in [0.717, 1.165) is 17.7 Å². The molecule has 0 spiro atoms. The summed E-state index contributed by atoms with van der Waals surface area (Å²) in [5, 5.41) is 22.1. The van der Waals surface area contributed by atoms with Gasteiger partial charge in [0.05, 0.1) is 43.5 Å². The van der Waals surface area contributed by atoms with Crippen LogP contribution in [0, 0.1) is 18.7 Å². The minimum absolute atomic E-state index is 0.0145. The normalized spacial score (nSPS) is 19.5. The largest absolute Gasteiger partial charge is 0.494 e. The summed E-state index contributed by atoms with van der Waals surface area (Å²) in [6, 6.07) is 3.88. The first kappa shape index (κ1) is 23.9. The summed E-state index contributed by atoms with van der Waals surface area (Å²) in [4.78, 5) is 33.1. The second-order valence-electron chi connectivity index (χ2n) is 9.28. The fourth-order valence-corrected chi connectivity index (χ4v) is 4.55. The van der Waals surface area contributed by atoms with E-state index in [1.54, 1.807) is 25.3 Å². The molecule has 1 saturated heterocycles. The number of hydrogen-bond donors (Lipinski definition) is 4. The Balaban J connectivity index is 1.51. The Bertz CT molecular complexity index is 1340. The van der Waals surface area contributed by atoms with Gasteiger partial charge in [0.15, 0.2) is 11.6 Å². The third-order valence-electron chi connectivity index (χ3n) is 6.69. The van der Waals surface area contributed by atoms with Crippen LogP contribution in [0.1, 0.15) is 28.9 Å². The van der Waals surface area contributed by atoms with Crippen molar-refractivity contribution in [3.8, 4) is 22.6 Å². The van der Waals surface area contributed by atoms with Gasteiger partial charge >= 0.3 is 6.09 Å². The molecule has 2 atom stereocenters. The number of ether oxygens (including phenoxy) is 2. The van der Waals surface area contributed by atoms with E-state index in [-0.39, 0.29) is 24.4 Å². The Morgan fingerprint density at radius 2 is 2.03 bits per heavy atom. The van der Waals surface area contributed by atoms with Crippen molar-refractivity contribution in [3.05, 3.63) is 41.5 Å². The molecule has 5 rings (SSSR count). The van der Waals surface area contributed by atoms with Crippen LogP contribution in [-0.2, 0) is 0 Å². The number of H-pyrrole nitrogens is 1. The molecule has 0 radical (unpaired) electrons. The summed E-state index contributed by atoms with van der Waals surface area (Å²) in [6.45, 7) is 2.12. The number of pyridine rings is 1. The van der Waals surface area contributed by atoms with Crippen molar-refractivity contribution < 1.29 is 33.7 Å². The Morgan fingerprint density at radius 3 is 2.69 bits per heavy atom. The molecule has 2 aliphatic rings. The zero-order chi connectivity index (χ0) is 25.6. The van der Waals surface area contributed by atoms with Gasteiger partial charge < -0.3 is 34.9 Å². The lowest BCUT2D eigenvalue weighted by Crippen LogP contribution is -2.43. The van der Waals surface area contributed by atoms with Crippen LogP contribution in [0.5, 0.6) is 11.5 Å². The third-order valence-corrected chi connectivity index (χ3v) is 6.69. The topological polar surface area (TPSA) is 137 Å². The third kappa shape index (κ3) is 4.41. The van der Waals surface area contributed by atoms with Crippen molar-refractivity contribution in [2.75, 3.05) is 26.8 Å². The van der Waals surface area contributed by atoms with Crippen LogP contribution >= 0.6 is 0 Å². The maximum Gasteiger partial charge on any atom is 0.407 e. The quantitative estimate of drug-likeness (QED) is 0.393. The number of aromatic nitrogens is 2. The molecule has 2 fully saturated rings. The molecule has 1 aliphatic carbocycles. The van der Waals surface area contributed by atoms with Crippen LogP contribution < -0.4 is 14.8 Å². The van der Waals surface area contributed by atoms with E-state index in [9.17, 15) is 24.2 Å². The molecule has 3 aromatic rings. The van der Waals surface area contributed by atoms with Crippen LogP contribution in [0.2, 0.25) is 0 Å². The number of nitrogens with zero attached hydrogens (tertiary/aromatic N) is 2. The summed E-state index contributed by atoms with van der Waals surface area (Å²) in [7, 11) is 1.39. The molecule has 11 heteroatoms. The number of aromatic amines is 1. The van der Waals surface area contributed by atoms with E-state index in [2.05, 4.69) is 15.3 Å². The number of benzene rings is 1. The number of aliphatic hydroxyl groups excluding tert-OH is 1. The predicted molar refractivity (Wildman–Crippen MR) is 128 cm³/mol. The zero-order valence-corrected chi connectivity index (χ0v) is 19.9. The average Bonchev–Trinajstić information content (AvgIpc) is 3.51. The number of aliphatic hydroxyl groups is 1. The lowest BCUT2D eigenvalue weighted by Gasteiger charge is -2.16. The van der Waals surface area contributed by atoms with E-state index < -0.39 is 30.0 Å². The zero-order valence-electron chi connectivity index (χ0n) is 19.9. The molecule has 1 aromatic carbocycles. The number of carbonyl (C=O) groups excluding carboxylic acids is 1. The smallest absolute Gasteiger partial charge is 0.407 e. The minimum atomic E-state index is -1.16. The van der Waals surface area contributed by atoms with Crippen molar-refractivity contribution in [3.63, 3.8) is 0 Å². The number of likely N-dealkylation sites (tertiary alicyclic amines) is 1. The molecule has 10 nitrogen and oxygen atoms in total. The molecule has 1 aliphatic heterocycles. The van der Waals surface area contributed by atoms with Gasteiger partial charge in [0.25, 0.3) is 5.91 Å². The second-order valence-corrected chi connectivity index (χ2v) is 9.28. The number of carbonyl (C=O) groups is 2. The molecular weight excluding hydrogens is 471 g/mol. The van der Waals surface area contributed by atoms with Crippen molar-refractivity contribution >= 4 is 23.0 Å². The molecule has 0 unspecified atom stereocenters. The van der Waals surface area contributed by atoms with Crippen molar-refractivity contribution in [1.29, 1.82) is 0 Å². The Morgan fingerprint density at radius 1 is 1.25 bits per heavy atom. The van der Waals surface area contributed by atoms with Gasteiger partial charge in [0, 0.05) is 35.6 Å². The summed E-state index contributed by atoms with van der Waals surface area (Å²) < 4.78 is 25.7. The van der Waals surface area contributed by atoms with Crippen molar-refractivity contribution in [2.24, 2.45) is 5.92 Å². The number of halogens is 1. The standard InChI is InChI=1S/C25H27FN4O6/c1-12-21(24(32)29-17-9-30(25(33)34)10-18(17)31)23-22(28-12)14(5-6-27-23)15-7-20(35-2)16(26)8-19(15)36-11-13-3-4-13/h5-8,13,17-18,28,31H,3-4,9-11H2,1-2H3,(H,29,32)(H,33,34)/t17-,18-/m1/s1. The van der Waals surface area contributed by atoms with Gasteiger partial charge in [-0.2, -0.15) is 0 Å². The van der Waals surface area contributed by atoms with Gasteiger partial charge in [0.1, 0.15) is 11.3 Å². The Labute approximate surface area is 206 Å². The fraction of sp³-hybridized carbons (Fsp3) is 0.400. The number of hydrogen-bond acceptors (Lipinski definition) is 6. The van der Waals surface area contributed by atoms with Gasteiger partial charge in [-0.1, -0.05) is 0 Å². The van der Waals surface area contributed by atoms with Crippen LogP contribution in [0.4, 0.5) is 9.18 Å². The molecule has 190 valence electrons. The summed E-state index contributed by atoms with van der Waals surface area (Å²) in [5.74, 6) is -0.124. The van der Waals surface area contributed by atoms with Gasteiger partial charge in [0.2, 0.25) is 0 Å². The highest BCUT2D eigenvalue weighted by Gasteiger charge is 2.36. The van der Waals surface area contributed by atoms with Gasteiger partial charge in [-0.15, -0.1) is 0 Å². The first-order valence-corrected chi connectivity index (χ1v) is 11.7. The van der Waals surface area contributed by atoms with Crippen LogP contribution in [0.3, 0.4) is 0 Å². The Hall–Kier alpha value is -3.86. The molecule has 0 bridgehead atoms. The van der Waals surface area contributed by atoms with Gasteiger partial charge in [-0.25, -0.2) is 9.18 Å². The fourth-order valence-electron chi connectivity index (χ4n) is 4.55. The summed E-state index contributed by atoms with van der Waals surface area (Å²) in [6.07, 6.45) is 1.55. The van der Waals surface area contributed by atoms with E-state index in [1.807, 2.05) is 0 Å². The SMILES string of the molecule is COc1cc(-c2ccnc3c(C(=O)N[C@@H]4CN(C(=O)O)C[C@H]4O)c(C)[nH]c23)c(OCC2CC2)cc1F. The molecule has 1 saturated carbocycles. The van der Waals surface area contributed by atoms with Crippen molar-refractivity contribution in [1.82, 2.24) is 20.2 Å². The summed E-state index contributed by atoms with van der Waals surface area (Å²) >= 11 is 0. The first-order chi connectivity index (χ1) is 17.3. The second kappa shape index (κ2) is 9.30. The summed E-state index contributed by atoms with van der Waals surface area (Å²) in [5.41, 5.74) is 3.02. The van der Waals surface area contributed by atoms with E-state index in [0.29, 0.717) is 46.1 Å². The molecule has 36 heavy (non-hydrogen) atoms. The Kier molecular flexibility index (Phi) is 6.17. The number of aryl methyl sites for hydroxylation is 1. The number of carboxylic acid groups (broad SMARTS) is 1. The average molecular weight is 499 g/mol. The predicted octanol–water partition coefficient (Wildman–Crippen LogP) is 2.93. The van der Waals surface area contributed by atoms with Crippen molar-refractivity contribution in [2.45, 2.75) is 31.9 Å². The number of fused-ring (bicyclic) bond motifs is 1. The monoisotopic (exact) mass is 498 g/mol. The molecule has 2 amide bonds. The van der Waals surface area contributed by atoms with Crippen LogP contribution in [-0.4, -0.2) is 76.0 Å². The maximum absolute atomic E-state index is 14.5. The lowest BCUT2D eigenvalue weighted by atomic mass is 10.0. The number of nitrogens with one attached hydrogen (secondary N) is 2. The highest BCUT2D eigenvalue weighted by Crippen LogP contribution is 2.40. The lowest BCUT2D eigenvalue weighted by molar-refractivity contribution is 0.0889.